The van der Waals surface area contributed by atoms with Gasteiger partial charge in [0.2, 0.25) is 5.91 Å². The van der Waals surface area contributed by atoms with Gasteiger partial charge in [-0.2, -0.15) is 0 Å². The molecule has 2 aliphatic rings. The number of nitrogens with zero attached hydrogens (tertiary/aromatic N) is 1. The zero-order valence-corrected chi connectivity index (χ0v) is 18.3. The highest BCUT2D eigenvalue weighted by atomic mass is 16.2. The molecule has 3 rings (SSSR count). The van der Waals surface area contributed by atoms with E-state index in [1.807, 2.05) is 18.2 Å². The number of unbranched alkanes of at least 4 members (excludes halogenated alkanes) is 1. The molecule has 1 aromatic rings. The summed E-state index contributed by atoms with van der Waals surface area (Å²) in [5.41, 5.74) is 2.40. The summed E-state index contributed by atoms with van der Waals surface area (Å²) in [7, 11) is 0. The van der Waals surface area contributed by atoms with Gasteiger partial charge in [0.1, 0.15) is 0 Å². The molecule has 0 unspecified atom stereocenters. The maximum absolute atomic E-state index is 12.9. The third-order valence-corrected chi connectivity index (χ3v) is 6.32. The zero-order valence-electron chi connectivity index (χ0n) is 18.3. The molecule has 1 saturated heterocycles. The van der Waals surface area contributed by atoms with Gasteiger partial charge in [-0.05, 0) is 62.6 Å². The summed E-state index contributed by atoms with van der Waals surface area (Å²) in [6.45, 7) is 8.46. The Morgan fingerprint density at radius 3 is 2.48 bits per heavy atom. The lowest BCUT2D eigenvalue weighted by Gasteiger charge is -2.33. The van der Waals surface area contributed by atoms with Crippen LogP contribution in [0.1, 0.15) is 82.5 Å². The SMILES string of the molecule is CCCC[C@@H](CC)C(=O)Nc1ccc(N2CCC(C)CC2)c(C(=O)NC2CC2)c1. The van der Waals surface area contributed by atoms with Crippen LogP contribution in [-0.2, 0) is 4.79 Å². The van der Waals surface area contributed by atoms with Gasteiger partial charge in [-0.3, -0.25) is 9.59 Å². The van der Waals surface area contributed by atoms with Crippen molar-refractivity contribution in [3.63, 3.8) is 0 Å². The van der Waals surface area contributed by atoms with Gasteiger partial charge in [0.15, 0.2) is 0 Å². The molecule has 1 atom stereocenters. The second-order valence-corrected chi connectivity index (χ2v) is 8.89. The lowest BCUT2D eigenvalue weighted by Crippen LogP contribution is -2.35. The number of nitrogens with one attached hydrogen (secondary N) is 2. The molecule has 2 fully saturated rings. The van der Waals surface area contributed by atoms with E-state index in [0.717, 1.165) is 81.7 Å². The molecule has 29 heavy (non-hydrogen) atoms. The maximum atomic E-state index is 12.9. The molecule has 1 saturated carbocycles. The molecule has 2 amide bonds. The van der Waals surface area contributed by atoms with E-state index in [9.17, 15) is 9.59 Å². The van der Waals surface area contributed by atoms with Crippen LogP contribution in [-0.4, -0.2) is 30.9 Å². The summed E-state index contributed by atoms with van der Waals surface area (Å²) >= 11 is 0. The Bertz CT molecular complexity index is 706. The van der Waals surface area contributed by atoms with E-state index in [1.165, 1.54) is 0 Å². The summed E-state index contributed by atoms with van der Waals surface area (Å²) in [4.78, 5) is 28.0. The van der Waals surface area contributed by atoms with E-state index in [-0.39, 0.29) is 17.7 Å². The lowest BCUT2D eigenvalue weighted by molar-refractivity contribution is -0.120. The average Bonchev–Trinajstić information content (AvgIpc) is 3.53. The number of carbonyl (C=O) groups excluding carboxylic acids is 2. The van der Waals surface area contributed by atoms with Crippen molar-refractivity contribution in [2.24, 2.45) is 11.8 Å². The quantitative estimate of drug-likeness (QED) is 0.616. The van der Waals surface area contributed by atoms with E-state index in [0.29, 0.717) is 11.6 Å². The lowest BCUT2D eigenvalue weighted by atomic mass is 9.97. The van der Waals surface area contributed by atoms with E-state index < -0.39 is 0 Å². The van der Waals surface area contributed by atoms with Crippen LogP contribution in [0.15, 0.2) is 18.2 Å². The fourth-order valence-electron chi connectivity index (χ4n) is 4.03. The molecule has 0 radical (unpaired) electrons. The average molecular weight is 400 g/mol. The molecular formula is C24H37N3O2. The summed E-state index contributed by atoms with van der Waals surface area (Å²) < 4.78 is 0. The molecular weight excluding hydrogens is 362 g/mol. The molecule has 160 valence electrons. The molecule has 5 nitrogen and oxygen atoms in total. The van der Waals surface area contributed by atoms with Crippen LogP contribution >= 0.6 is 0 Å². The van der Waals surface area contributed by atoms with Crippen molar-refractivity contribution < 1.29 is 9.59 Å². The van der Waals surface area contributed by atoms with E-state index in [1.54, 1.807) is 0 Å². The Kier molecular flexibility index (Phi) is 7.57. The van der Waals surface area contributed by atoms with Crippen LogP contribution in [0.3, 0.4) is 0 Å². The van der Waals surface area contributed by atoms with Crippen LogP contribution in [0, 0.1) is 11.8 Å². The van der Waals surface area contributed by atoms with Crippen molar-refractivity contribution in [3.05, 3.63) is 23.8 Å². The minimum atomic E-state index is -0.0183. The van der Waals surface area contributed by atoms with E-state index in [2.05, 4.69) is 36.3 Å². The first kappa shape index (κ1) is 21.7. The van der Waals surface area contributed by atoms with Crippen LogP contribution in [0.25, 0.3) is 0 Å². The summed E-state index contributed by atoms with van der Waals surface area (Å²) in [6.07, 6.45) is 8.34. The monoisotopic (exact) mass is 399 g/mol. The number of hydrogen-bond acceptors (Lipinski definition) is 3. The molecule has 0 bridgehead atoms. The van der Waals surface area contributed by atoms with Gasteiger partial charge in [0.25, 0.3) is 5.91 Å². The Hall–Kier alpha value is -2.04. The van der Waals surface area contributed by atoms with Crippen LogP contribution in [0.4, 0.5) is 11.4 Å². The van der Waals surface area contributed by atoms with Gasteiger partial charge in [0, 0.05) is 36.4 Å². The fraction of sp³-hybridized carbons (Fsp3) is 0.667. The normalized spacial score (nSPS) is 18.4. The minimum absolute atomic E-state index is 0.0183. The smallest absolute Gasteiger partial charge is 0.253 e. The Labute approximate surface area is 175 Å². The zero-order chi connectivity index (χ0) is 20.8. The standard InChI is InChI=1S/C24H37N3O2/c1-4-6-7-18(5-2)23(28)26-20-10-11-22(27-14-12-17(3)13-15-27)21(16-20)24(29)25-19-8-9-19/h10-11,16-19H,4-9,12-15H2,1-3H3,(H,25,29)(H,26,28)/t18-/m1/s1. The Balaban J connectivity index is 1.77. The summed E-state index contributed by atoms with van der Waals surface area (Å²) in [6, 6.07) is 6.15. The largest absolute Gasteiger partial charge is 0.371 e. The molecule has 1 aromatic carbocycles. The maximum Gasteiger partial charge on any atom is 0.253 e. The number of anilines is 2. The topological polar surface area (TPSA) is 61.4 Å². The number of benzene rings is 1. The summed E-state index contributed by atoms with van der Waals surface area (Å²) in [5.74, 6) is 0.814. The van der Waals surface area contributed by atoms with Crippen molar-refractivity contribution in [1.29, 1.82) is 0 Å². The third kappa shape index (κ3) is 5.97. The highest BCUT2D eigenvalue weighted by Gasteiger charge is 2.27. The molecule has 2 N–H and O–H groups in total. The first-order valence-electron chi connectivity index (χ1n) is 11.5. The second-order valence-electron chi connectivity index (χ2n) is 8.89. The van der Waals surface area contributed by atoms with Crippen molar-refractivity contribution in [2.45, 2.75) is 78.2 Å². The number of carbonyl (C=O) groups is 2. The van der Waals surface area contributed by atoms with Crippen molar-refractivity contribution >= 4 is 23.2 Å². The van der Waals surface area contributed by atoms with Gasteiger partial charge >= 0.3 is 0 Å². The van der Waals surface area contributed by atoms with Crippen molar-refractivity contribution in [1.82, 2.24) is 5.32 Å². The van der Waals surface area contributed by atoms with Gasteiger partial charge in [-0.15, -0.1) is 0 Å². The van der Waals surface area contributed by atoms with Crippen molar-refractivity contribution in [2.75, 3.05) is 23.3 Å². The molecule has 1 aliphatic carbocycles. The van der Waals surface area contributed by atoms with Crippen LogP contribution < -0.4 is 15.5 Å². The van der Waals surface area contributed by atoms with Crippen LogP contribution in [0.2, 0.25) is 0 Å². The second kappa shape index (κ2) is 10.1. The molecule has 0 aromatic heterocycles. The molecule has 5 heteroatoms. The highest BCUT2D eigenvalue weighted by molar-refractivity contribution is 6.02. The van der Waals surface area contributed by atoms with Gasteiger partial charge in [-0.1, -0.05) is 33.6 Å². The minimum Gasteiger partial charge on any atom is -0.371 e. The molecule has 0 spiro atoms. The first-order chi connectivity index (χ1) is 14.0. The van der Waals surface area contributed by atoms with E-state index in [4.69, 9.17) is 0 Å². The van der Waals surface area contributed by atoms with Gasteiger partial charge < -0.3 is 15.5 Å². The Morgan fingerprint density at radius 2 is 1.86 bits per heavy atom. The predicted molar refractivity (Wildman–Crippen MR) is 119 cm³/mol. The van der Waals surface area contributed by atoms with Crippen molar-refractivity contribution in [3.8, 4) is 0 Å². The summed E-state index contributed by atoms with van der Waals surface area (Å²) in [5, 5.41) is 6.19. The highest BCUT2D eigenvalue weighted by Crippen LogP contribution is 2.30. The van der Waals surface area contributed by atoms with E-state index >= 15 is 0 Å². The van der Waals surface area contributed by atoms with Gasteiger partial charge in [-0.25, -0.2) is 0 Å². The fourth-order valence-corrected chi connectivity index (χ4v) is 4.03. The third-order valence-electron chi connectivity index (χ3n) is 6.32. The molecule has 1 aliphatic heterocycles. The first-order valence-corrected chi connectivity index (χ1v) is 11.5. The number of rotatable bonds is 9. The number of piperidine rings is 1. The van der Waals surface area contributed by atoms with Gasteiger partial charge in [0.05, 0.1) is 5.56 Å². The Morgan fingerprint density at radius 1 is 1.14 bits per heavy atom. The predicted octanol–water partition coefficient (Wildman–Crippen LogP) is 4.97. The van der Waals surface area contributed by atoms with Crippen LogP contribution in [0.5, 0.6) is 0 Å². The number of hydrogen-bond donors (Lipinski definition) is 2. The number of amides is 2. The molecule has 1 heterocycles.